The molecular weight excluding hydrogens is 476 g/mol. The van der Waals surface area contributed by atoms with Crippen LogP contribution in [0.2, 0.25) is 0 Å². The summed E-state index contributed by atoms with van der Waals surface area (Å²) < 4.78 is 8.19. The van der Waals surface area contributed by atoms with Gasteiger partial charge in [0.05, 0.1) is 35.6 Å². The molecule has 0 radical (unpaired) electrons. The second-order valence-electron chi connectivity index (χ2n) is 11.0. The topological polar surface area (TPSA) is 139 Å². The maximum atomic E-state index is 14.1. The summed E-state index contributed by atoms with van der Waals surface area (Å²) in [4.78, 5) is 42.8. The molecular formula is C26H36N6O5. The summed E-state index contributed by atoms with van der Waals surface area (Å²) >= 11 is 0. The van der Waals surface area contributed by atoms with Crippen LogP contribution in [-0.4, -0.2) is 79.2 Å². The van der Waals surface area contributed by atoms with E-state index in [-0.39, 0.29) is 31.0 Å². The number of likely N-dealkylation sites (tertiary alicyclic amines) is 1. The molecule has 2 unspecified atom stereocenters. The van der Waals surface area contributed by atoms with E-state index >= 15 is 0 Å². The van der Waals surface area contributed by atoms with Crippen molar-refractivity contribution >= 4 is 28.8 Å². The van der Waals surface area contributed by atoms with Crippen LogP contribution in [0.1, 0.15) is 47.0 Å². The zero-order valence-electron chi connectivity index (χ0n) is 21.8. The Hall–Kier alpha value is -3.05. The maximum Gasteiger partial charge on any atom is 0.247 e. The number of carbonyl (C=O) groups is 3. The van der Waals surface area contributed by atoms with Crippen LogP contribution in [-0.2, 0) is 25.8 Å². The lowest BCUT2D eigenvalue weighted by molar-refractivity contribution is -0.151. The number of hydrogen-bond donors (Lipinski definition) is 3. The van der Waals surface area contributed by atoms with Crippen molar-refractivity contribution < 1.29 is 24.2 Å². The van der Waals surface area contributed by atoms with E-state index in [0.717, 1.165) is 11.9 Å². The molecule has 2 bridgehead atoms. The standard InChI is InChI=1S/C26H36N6O5/c1-5-12-27-22(34)19-20-24(36)32(18(13-33)15(2)3)21(26(20)11-10-25(19,4)37-26)23(35)28-14-31-17-9-7-6-8-16(17)29-30-31/h6-9,15,18-21,33H,5,10-14H2,1-4H3,(H,27,34)(H,28,35)/t18-,19+,20-,21?,25-,26?/m0/s1. The predicted molar refractivity (Wildman–Crippen MR) is 134 cm³/mol. The molecule has 1 spiro atoms. The third-order valence-corrected chi connectivity index (χ3v) is 8.43. The molecule has 3 aliphatic rings. The predicted octanol–water partition coefficient (Wildman–Crippen LogP) is 0.813. The molecule has 3 fully saturated rings. The molecule has 0 saturated carbocycles. The van der Waals surface area contributed by atoms with Crippen LogP contribution in [0.5, 0.6) is 0 Å². The molecule has 1 aromatic carbocycles. The van der Waals surface area contributed by atoms with Gasteiger partial charge in [-0.15, -0.1) is 5.10 Å². The normalized spacial score (nSPS) is 31.2. The van der Waals surface area contributed by atoms with Gasteiger partial charge in [0.15, 0.2) is 0 Å². The summed E-state index contributed by atoms with van der Waals surface area (Å²) in [5, 5.41) is 24.4. The summed E-state index contributed by atoms with van der Waals surface area (Å²) in [5.41, 5.74) is -0.499. The van der Waals surface area contributed by atoms with Gasteiger partial charge in [0.1, 0.15) is 23.8 Å². The first-order valence-electron chi connectivity index (χ1n) is 13.2. The molecule has 6 atom stereocenters. The number of aromatic nitrogens is 3. The number of benzene rings is 1. The van der Waals surface area contributed by atoms with Crippen molar-refractivity contribution in [2.45, 2.75) is 76.9 Å². The summed E-state index contributed by atoms with van der Waals surface area (Å²) in [7, 11) is 0. The highest BCUT2D eigenvalue weighted by atomic mass is 16.5. The second-order valence-corrected chi connectivity index (χ2v) is 11.0. The molecule has 0 aliphatic carbocycles. The van der Waals surface area contributed by atoms with E-state index in [1.54, 1.807) is 4.68 Å². The molecule has 11 nitrogen and oxygen atoms in total. The number of para-hydroxylation sites is 1. The molecule has 1 aromatic heterocycles. The van der Waals surface area contributed by atoms with E-state index in [9.17, 15) is 19.5 Å². The van der Waals surface area contributed by atoms with Gasteiger partial charge in [-0.3, -0.25) is 14.4 Å². The van der Waals surface area contributed by atoms with Gasteiger partial charge in [-0.05, 0) is 44.2 Å². The third kappa shape index (κ3) is 3.82. The van der Waals surface area contributed by atoms with Crippen LogP contribution in [0.25, 0.3) is 11.0 Å². The molecule has 3 aliphatic heterocycles. The number of carbonyl (C=O) groups excluding carboxylic acids is 3. The first kappa shape index (κ1) is 25.6. The molecule has 37 heavy (non-hydrogen) atoms. The molecule has 11 heteroatoms. The average molecular weight is 513 g/mol. The van der Waals surface area contributed by atoms with E-state index in [0.29, 0.717) is 24.9 Å². The Morgan fingerprint density at radius 3 is 2.68 bits per heavy atom. The fourth-order valence-electron chi connectivity index (χ4n) is 6.68. The number of rotatable bonds is 9. The van der Waals surface area contributed by atoms with Crippen LogP contribution in [0, 0.1) is 17.8 Å². The van der Waals surface area contributed by atoms with Gasteiger partial charge >= 0.3 is 0 Å². The third-order valence-electron chi connectivity index (χ3n) is 8.43. The number of nitrogens with one attached hydrogen (secondary N) is 2. The van der Waals surface area contributed by atoms with Crippen molar-refractivity contribution in [3.05, 3.63) is 24.3 Å². The number of amides is 3. The number of aliphatic hydroxyl groups excluding tert-OH is 1. The van der Waals surface area contributed by atoms with Gasteiger partial charge in [-0.1, -0.05) is 38.1 Å². The maximum absolute atomic E-state index is 14.1. The summed E-state index contributed by atoms with van der Waals surface area (Å²) in [6.07, 6.45) is 1.82. The fourth-order valence-corrected chi connectivity index (χ4v) is 6.68. The Kier molecular flexibility index (Phi) is 6.47. The molecule has 3 amide bonds. The smallest absolute Gasteiger partial charge is 0.247 e. The highest BCUT2D eigenvalue weighted by Gasteiger charge is 2.78. The van der Waals surface area contributed by atoms with Gasteiger partial charge in [0.25, 0.3) is 0 Å². The highest BCUT2D eigenvalue weighted by molar-refractivity contribution is 5.99. The molecule has 3 N–H and O–H groups in total. The Bertz CT molecular complexity index is 1220. The monoisotopic (exact) mass is 512 g/mol. The molecule has 2 aromatic rings. The van der Waals surface area contributed by atoms with Crippen molar-refractivity contribution in [1.29, 1.82) is 0 Å². The Morgan fingerprint density at radius 1 is 1.22 bits per heavy atom. The van der Waals surface area contributed by atoms with E-state index in [1.807, 2.05) is 52.0 Å². The minimum absolute atomic E-state index is 0.0573. The van der Waals surface area contributed by atoms with Gasteiger partial charge in [0.2, 0.25) is 17.7 Å². The largest absolute Gasteiger partial charge is 0.394 e. The zero-order chi connectivity index (χ0) is 26.5. The Morgan fingerprint density at radius 2 is 1.97 bits per heavy atom. The van der Waals surface area contributed by atoms with E-state index in [2.05, 4.69) is 20.9 Å². The van der Waals surface area contributed by atoms with Crippen LogP contribution in [0.3, 0.4) is 0 Å². The van der Waals surface area contributed by atoms with Crippen molar-refractivity contribution in [2.24, 2.45) is 17.8 Å². The quantitative estimate of drug-likeness (QED) is 0.452. The number of hydrogen-bond acceptors (Lipinski definition) is 7. The van der Waals surface area contributed by atoms with Gasteiger partial charge in [-0.25, -0.2) is 4.68 Å². The van der Waals surface area contributed by atoms with Crippen molar-refractivity contribution in [3.8, 4) is 0 Å². The molecule has 5 rings (SSSR count). The molecule has 200 valence electrons. The summed E-state index contributed by atoms with van der Waals surface area (Å²) in [5.74, 6) is -2.53. The lowest BCUT2D eigenvalue weighted by Crippen LogP contribution is -2.59. The van der Waals surface area contributed by atoms with Gasteiger partial charge in [0, 0.05) is 6.54 Å². The van der Waals surface area contributed by atoms with Crippen LogP contribution < -0.4 is 10.6 Å². The lowest BCUT2D eigenvalue weighted by atomic mass is 9.66. The molecule has 4 heterocycles. The summed E-state index contributed by atoms with van der Waals surface area (Å²) in [6, 6.07) is 5.87. The van der Waals surface area contributed by atoms with Crippen molar-refractivity contribution in [1.82, 2.24) is 30.5 Å². The minimum atomic E-state index is -1.14. The number of ether oxygens (including phenoxy) is 1. The van der Waals surface area contributed by atoms with Crippen LogP contribution in [0.15, 0.2) is 24.3 Å². The van der Waals surface area contributed by atoms with E-state index < -0.39 is 41.0 Å². The first-order valence-corrected chi connectivity index (χ1v) is 13.2. The Balaban J connectivity index is 1.50. The first-order chi connectivity index (χ1) is 17.7. The van der Waals surface area contributed by atoms with E-state index in [1.165, 1.54) is 4.90 Å². The van der Waals surface area contributed by atoms with Gasteiger partial charge in [-0.2, -0.15) is 0 Å². The lowest BCUT2D eigenvalue weighted by Gasteiger charge is -2.38. The number of fused-ring (bicyclic) bond motifs is 2. The van der Waals surface area contributed by atoms with Gasteiger partial charge < -0.3 is 25.4 Å². The summed E-state index contributed by atoms with van der Waals surface area (Å²) in [6.45, 7) is 7.91. The SMILES string of the molecule is CCCNC(=O)[C@H]1[C@H]2C(=O)N([C@@H](CO)C(C)C)C(C(=O)NCn3nnc4ccccc43)C23CC[C@]1(C)O3. The van der Waals surface area contributed by atoms with E-state index in [4.69, 9.17) is 4.74 Å². The second kappa shape index (κ2) is 9.36. The molecule has 3 saturated heterocycles. The van der Waals surface area contributed by atoms with Crippen LogP contribution in [0.4, 0.5) is 0 Å². The minimum Gasteiger partial charge on any atom is -0.394 e. The zero-order valence-corrected chi connectivity index (χ0v) is 21.8. The van der Waals surface area contributed by atoms with Crippen molar-refractivity contribution in [2.75, 3.05) is 13.2 Å². The number of nitrogens with zero attached hydrogens (tertiary/aromatic N) is 4. The Labute approximate surface area is 215 Å². The fraction of sp³-hybridized carbons (Fsp3) is 0.654. The van der Waals surface area contributed by atoms with Crippen LogP contribution >= 0.6 is 0 Å². The highest BCUT2D eigenvalue weighted by Crippen LogP contribution is 2.63. The number of aliphatic hydroxyl groups is 1. The average Bonchev–Trinajstić information content (AvgIpc) is 3.57. The van der Waals surface area contributed by atoms with Crippen molar-refractivity contribution in [3.63, 3.8) is 0 Å².